The van der Waals surface area contributed by atoms with Crippen molar-refractivity contribution >= 4 is 0 Å². The molecule has 0 unspecified atom stereocenters. The van der Waals surface area contributed by atoms with Crippen LogP contribution in [0.4, 0.5) is 0 Å². The fraction of sp³-hybridized carbons (Fsp3) is 0.600. The van der Waals surface area contributed by atoms with Crippen LogP contribution in [0.5, 0.6) is 0 Å². The van der Waals surface area contributed by atoms with E-state index in [1.165, 1.54) is 18.4 Å². The maximum Gasteiger partial charge on any atom is -0.0398 e. The Bertz CT molecular complexity index is 184. The molecule has 1 rings (SSSR count). The number of hydrogen-bond acceptors (Lipinski definition) is 0. The standard InChI is InChI=1S/C7H8.C6H14.C2H6/c1-7-5-3-2-4-6-7;1-4-6(3)5-2;1-2/h2-6H,1H3;6H,4-5H2,1-3H3;1-2H3. The summed E-state index contributed by atoms with van der Waals surface area (Å²) in [5.41, 5.74) is 1.32. The van der Waals surface area contributed by atoms with E-state index in [0.29, 0.717) is 0 Å². The van der Waals surface area contributed by atoms with Gasteiger partial charge in [-0.05, 0) is 12.8 Å². The third kappa shape index (κ3) is 13.2. The Hall–Kier alpha value is -0.780. The second-order valence-electron chi connectivity index (χ2n) is 3.58. The molecule has 0 atom stereocenters. The molecule has 15 heavy (non-hydrogen) atoms. The molecular formula is C15H28. The van der Waals surface area contributed by atoms with E-state index in [0.717, 1.165) is 5.92 Å². The summed E-state index contributed by atoms with van der Waals surface area (Å²) < 4.78 is 0. The van der Waals surface area contributed by atoms with Gasteiger partial charge in [0.05, 0.1) is 0 Å². The van der Waals surface area contributed by atoms with Crippen molar-refractivity contribution in [1.82, 2.24) is 0 Å². The molecule has 0 heterocycles. The lowest BCUT2D eigenvalue weighted by Gasteiger charge is -1.98. The van der Waals surface area contributed by atoms with E-state index in [1.54, 1.807) is 0 Å². The molecule has 1 aromatic carbocycles. The van der Waals surface area contributed by atoms with Crippen LogP contribution >= 0.6 is 0 Å². The smallest absolute Gasteiger partial charge is 0.0398 e. The molecule has 0 nitrogen and oxygen atoms in total. The molecule has 0 saturated carbocycles. The Kier molecular flexibility index (Phi) is 14.7. The normalized spacial score (nSPS) is 8.47. The summed E-state index contributed by atoms with van der Waals surface area (Å²) in [6, 6.07) is 10.3. The third-order valence-electron chi connectivity index (χ3n) is 2.33. The Morgan fingerprint density at radius 3 is 1.47 bits per heavy atom. The minimum atomic E-state index is 0.935. The van der Waals surface area contributed by atoms with Gasteiger partial charge in [-0.15, -0.1) is 0 Å². The van der Waals surface area contributed by atoms with Gasteiger partial charge >= 0.3 is 0 Å². The minimum Gasteiger partial charge on any atom is -0.0683 e. The molecule has 88 valence electrons. The largest absolute Gasteiger partial charge is 0.0683 e. The highest BCUT2D eigenvalue weighted by Gasteiger charge is 1.88. The molecule has 0 aliphatic rings. The highest BCUT2D eigenvalue weighted by atomic mass is 13.9. The fourth-order valence-electron chi connectivity index (χ4n) is 0.823. The second-order valence-corrected chi connectivity index (χ2v) is 3.58. The van der Waals surface area contributed by atoms with Crippen molar-refractivity contribution in [1.29, 1.82) is 0 Å². The molecule has 0 aliphatic carbocycles. The number of rotatable bonds is 2. The van der Waals surface area contributed by atoms with Gasteiger partial charge in [0.25, 0.3) is 0 Å². The van der Waals surface area contributed by atoms with Crippen LogP contribution in [0.2, 0.25) is 0 Å². The molecule has 0 bridgehead atoms. The van der Waals surface area contributed by atoms with Gasteiger partial charge in [0.1, 0.15) is 0 Å². The Morgan fingerprint density at radius 2 is 1.33 bits per heavy atom. The molecule has 0 fully saturated rings. The van der Waals surface area contributed by atoms with Gasteiger partial charge in [-0.1, -0.05) is 83.4 Å². The van der Waals surface area contributed by atoms with Gasteiger partial charge in [0.15, 0.2) is 0 Å². The third-order valence-corrected chi connectivity index (χ3v) is 2.33. The van der Waals surface area contributed by atoms with E-state index in [4.69, 9.17) is 0 Å². The molecule has 0 amide bonds. The zero-order chi connectivity index (χ0) is 12.1. The van der Waals surface area contributed by atoms with Crippen LogP contribution in [0, 0.1) is 12.8 Å². The molecule has 1 aromatic rings. The van der Waals surface area contributed by atoms with Crippen LogP contribution in [0.25, 0.3) is 0 Å². The van der Waals surface area contributed by atoms with Gasteiger partial charge in [0, 0.05) is 0 Å². The first-order chi connectivity index (χ1) is 7.20. The number of aryl methyl sites for hydroxylation is 1. The van der Waals surface area contributed by atoms with Crippen LogP contribution in [0.1, 0.15) is 53.0 Å². The number of hydrogen-bond donors (Lipinski definition) is 0. The first-order valence-corrected chi connectivity index (χ1v) is 6.22. The first kappa shape index (κ1) is 16.6. The van der Waals surface area contributed by atoms with Crippen molar-refractivity contribution in [3.05, 3.63) is 35.9 Å². The van der Waals surface area contributed by atoms with Gasteiger partial charge in [-0.3, -0.25) is 0 Å². The van der Waals surface area contributed by atoms with Gasteiger partial charge < -0.3 is 0 Å². The minimum absolute atomic E-state index is 0.935. The van der Waals surface area contributed by atoms with E-state index < -0.39 is 0 Å². The molecule has 0 heteroatoms. The predicted molar refractivity (Wildman–Crippen MR) is 72.3 cm³/mol. The Balaban J connectivity index is 0. The van der Waals surface area contributed by atoms with Gasteiger partial charge in [-0.2, -0.15) is 0 Å². The van der Waals surface area contributed by atoms with Crippen molar-refractivity contribution in [2.75, 3.05) is 0 Å². The molecule has 0 aliphatic heterocycles. The molecule has 0 radical (unpaired) electrons. The van der Waals surface area contributed by atoms with Crippen molar-refractivity contribution in [3.8, 4) is 0 Å². The van der Waals surface area contributed by atoms with Crippen molar-refractivity contribution in [3.63, 3.8) is 0 Å². The van der Waals surface area contributed by atoms with Gasteiger partial charge in [-0.25, -0.2) is 0 Å². The predicted octanol–water partition coefficient (Wildman–Crippen LogP) is 5.46. The Labute approximate surface area is 96.7 Å². The quantitative estimate of drug-likeness (QED) is 0.605. The molecule has 0 N–H and O–H groups in total. The van der Waals surface area contributed by atoms with Crippen LogP contribution in [0.15, 0.2) is 30.3 Å². The van der Waals surface area contributed by atoms with Crippen LogP contribution in [0.3, 0.4) is 0 Å². The van der Waals surface area contributed by atoms with E-state index in [9.17, 15) is 0 Å². The molecule has 0 aromatic heterocycles. The van der Waals surface area contributed by atoms with Crippen molar-refractivity contribution in [2.24, 2.45) is 5.92 Å². The summed E-state index contributed by atoms with van der Waals surface area (Å²) in [7, 11) is 0. The summed E-state index contributed by atoms with van der Waals surface area (Å²) in [4.78, 5) is 0. The topological polar surface area (TPSA) is 0 Å². The molecule has 0 spiro atoms. The number of benzene rings is 1. The highest BCUT2D eigenvalue weighted by Crippen LogP contribution is 2.02. The lowest BCUT2D eigenvalue weighted by atomic mass is 10.1. The maximum absolute atomic E-state index is 2.28. The lowest BCUT2D eigenvalue weighted by Crippen LogP contribution is -1.85. The second kappa shape index (κ2) is 13.2. The molecule has 0 saturated heterocycles. The first-order valence-electron chi connectivity index (χ1n) is 6.22. The van der Waals surface area contributed by atoms with Crippen LogP contribution < -0.4 is 0 Å². The van der Waals surface area contributed by atoms with E-state index in [2.05, 4.69) is 39.8 Å². The Morgan fingerprint density at radius 1 is 0.933 bits per heavy atom. The maximum atomic E-state index is 2.28. The average Bonchev–Trinajstić information content (AvgIpc) is 2.32. The molecular weight excluding hydrogens is 180 g/mol. The van der Waals surface area contributed by atoms with Gasteiger partial charge in [0.2, 0.25) is 0 Å². The summed E-state index contributed by atoms with van der Waals surface area (Å²) in [6.07, 6.45) is 2.66. The van der Waals surface area contributed by atoms with E-state index in [1.807, 2.05) is 32.0 Å². The monoisotopic (exact) mass is 208 g/mol. The SMILES string of the molecule is CC.CCC(C)CC.Cc1ccccc1. The lowest BCUT2D eigenvalue weighted by molar-refractivity contribution is 0.544. The summed E-state index contributed by atoms with van der Waals surface area (Å²) in [6.45, 7) is 12.8. The van der Waals surface area contributed by atoms with Crippen molar-refractivity contribution < 1.29 is 0 Å². The summed E-state index contributed by atoms with van der Waals surface area (Å²) in [5, 5.41) is 0. The van der Waals surface area contributed by atoms with E-state index >= 15 is 0 Å². The van der Waals surface area contributed by atoms with E-state index in [-0.39, 0.29) is 0 Å². The van der Waals surface area contributed by atoms with Crippen LogP contribution in [-0.4, -0.2) is 0 Å². The van der Waals surface area contributed by atoms with Crippen molar-refractivity contribution in [2.45, 2.75) is 54.4 Å². The van der Waals surface area contributed by atoms with Crippen LogP contribution in [-0.2, 0) is 0 Å². The zero-order valence-corrected chi connectivity index (χ0v) is 11.4. The average molecular weight is 208 g/mol. The zero-order valence-electron chi connectivity index (χ0n) is 11.4. The summed E-state index contributed by atoms with van der Waals surface area (Å²) in [5.74, 6) is 0.935. The highest BCUT2D eigenvalue weighted by molar-refractivity contribution is 5.11. The fourth-order valence-corrected chi connectivity index (χ4v) is 0.823. The summed E-state index contributed by atoms with van der Waals surface area (Å²) >= 11 is 0.